The van der Waals surface area contributed by atoms with Crippen LogP contribution in [0.25, 0.3) is 0 Å². The Bertz CT molecular complexity index is 1700. The summed E-state index contributed by atoms with van der Waals surface area (Å²) >= 11 is 0. The molecule has 1 heterocycles. The van der Waals surface area contributed by atoms with Crippen LogP contribution in [-0.4, -0.2) is 101 Å². The Morgan fingerprint density at radius 3 is 1.67 bits per heavy atom. The molecular weight excluding hydrogens is 794 g/mol. The third-order valence-corrected chi connectivity index (χ3v) is 9.70. The number of nitrogens with one attached hydrogen (secondary N) is 1. The Hall–Kier alpha value is -4.64. The quantitative estimate of drug-likeness (QED) is 0.0424. The number of unbranched alkanes of at least 4 members (excludes halogenated alkanes) is 3. The second-order valence-corrected chi connectivity index (χ2v) is 20.3. The smallest absolute Gasteiger partial charge is 0.311 e. The largest absolute Gasteiger partial charge is 0.462 e. The number of nitrogens with zero attached hydrogens (tertiary/aromatic N) is 2. The summed E-state index contributed by atoms with van der Waals surface area (Å²) in [6.07, 6.45) is -4.90. The van der Waals surface area contributed by atoms with Crippen LogP contribution >= 0.6 is 0 Å². The molecule has 1 aliphatic rings. The second-order valence-electron chi connectivity index (χ2n) is 20.3. The van der Waals surface area contributed by atoms with Gasteiger partial charge in [0.25, 0.3) is 5.69 Å². The SMILES string of the molecule is CC(C)(C)NC(=O)[C@@H](c1ccc([N+](=O)[O-])cc1)N(C=O)[C@@H]1O[C@H](COC(=O)C(C)(C)CCCCCCO)[C@H](OC(=O)C(C)(C)C)[C@H](OC(=O)C(C)(C)C)[C@H]1OC(=O)C(C)(C)C. The van der Waals surface area contributed by atoms with Crippen LogP contribution in [0.1, 0.15) is 141 Å². The normalized spacial score (nSPS) is 20.4. The van der Waals surface area contributed by atoms with Crippen molar-refractivity contribution in [3.8, 4) is 0 Å². The molecule has 1 aromatic carbocycles. The van der Waals surface area contributed by atoms with Crippen LogP contribution in [0.15, 0.2) is 24.3 Å². The van der Waals surface area contributed by atoms with Crippen LogP contribution in [0.2, 0.25) is 0 Å². The summed E-state index contributed by atoms with van der Waals surface area (Å²) in [6, 6.07) is 3.27. The van der Waals surface area contributed by atoms with Crippen molar-refractivity contribution in [1.29, 1.82) is 0 Å². The highest BCUT2D eigenvalue weighted by Gasteiger charge is 2.57. The van der Waals surface area contributed by atoms with Gasteiger partial charge in [0.15, 0.2) is 24.5 Å². The van der Waals surface area contributed by atoms with E-state index in [4.69, 9.17) is 28.8 Å². The number of nitro groups is 1. The van der Waals surface area contributed by atoms with Gasteiger partial charge in [-0.1, -0.05) is 19.3 Å². The maximum Gasteiger partial charge on any atom is 0.311 e. The molecule has 0 aliphatic carbocycles. The number of rotatable bonds is 18. The van der Waals surface area contributed by atoms with E-state index in [9.17, 15) is 38.9 Å². The predicted octanol–water partition coefficient (Wildman–Crippen LogP) is 6.12. The Morgan fingerprint density at radius 2 is 1.23 bits per heavy atom. The molecule has 0 saturated carbocycles. The minimum Gasteiger partial charge on any atom is -0.462 e. The van der Waals surface area contributed by atoms with E-state index in [0.717, 1.165) is 29.9 Å². The van der Waals surface area contributed by atoms with Gasteiger partial charge in [-0.15, -0.1) is 0 Å². The minimum absolute atomic E-state index is 0.0640. The van der Waals surface area contributed by atoms with Crippen molar-refractivity contribution < 1.29 is 62.5 Å². The zero-order chi connectivity index (χ0) is 46.9. The molecule has 344 valence electrons. The van der Waals surface area contributed by atoms with Gasteiger partial charge in [0.05, 0.1) is 26.6 Å². The topological polar surface area (TPSA) is 227 Å². The summed E-state index contributed by atoms with van der Waals surface area (Å²) < 4.78 is 30.8. The van der Waals surface area contributed by atoms with E-state index in [1.165, 1.54) is 12.1 Å². The number of aliphatic hydroxyl groups excluding tert-OH is 1. The Kier molecular flexibility index (Phi) is 18.0. The van der Waals surface area contributed by atoms with Gasteiger partial charge in [-0.2, -0.15) is 0 Å². The first-order valence-corrected chi connectivity index (χ1v) is 20.7. The van der Waals surface area contributed by atoms with E-state index in [-0.39, 0.29) is 24.3 Å². The van der Waals surface area contributed by atoms with Crippen LogP contribution in [0.4, 0.5) is 5.69 Å². The Labute approximate surface area is 360 Å². The first-order chi connectivity index (χ1) is 27.8. The van der Waals surface area contributed by atoms with Crippen molar-refractivity contribution in [2.24, 2.45) is 21.7 Å². The number of hydrogen-bond acceptors (Lipinski definition) is 14. The Balaban J connectivity index is 2.97. The predicted molar refractivity (Wildman–Crippen MR) is 223 cm³/mol. The van der Waals surface area contributed by atoms with Crippen molar-refractivity contribution >= 4 is 41.9 Å². The van der Waals surface area contributed by atoms with E-state index in [1.807, 2.05) is 0 Å². The van der Waals surface area contributed by atoms with Gasteiger partial charge < -0.3 is 34.1 Å². The second kappa shape index (κ2) is 21.0. The van der Waals surface area contributed by atoms with Crippen molar-refractivity contribution in [1.82, 2.24) is 10.2 Å². The summed E-state index contributed by atoms with van der Waals surface area (Å²) in [5.41, 5.74) is -5.57. The number of esters is 4. The lowest BCUT2D eigenvalue weighted by Crippen LogP contribution is -2.68. The van der Waals surface area contributed by atoms with Crippen molar-refractivity contribution in [2.45, 2.75) is 171 Å². The van der Waals surface area contributed by atoms with Crippen LogP contribution in [0.3, 0.4) is 0 Å². The zero-order valence-electron chi connectivity index (χ0n) is 38.4. The fraction of sp³-hybridized carbons (Fsp3) is 0.727. The van der Waals surface area contributed by atoms with Crippen LogP contribution < -0.4 is 5.32 Å². The van der Waals surface area contributed by atoms with Gasteiger partial charge in [-0.05, 0) is 127 Å². The first-order valence-electron chi connectivity index (χ1n) is 20.7. The molecule has 17 nitrogen and oxygen atoms in total. The van der Waals surface area contributed by atoms with Crippen LogP contribution in [0, 0.1) is 31.8 Å². The average Bonchev–Trinajstić information content (AvgIpc) is 3.12. The van der Waals surface area contributed by atoms with Crippen molar-refractivity contribution in [3.63, 3.8) is 0 Å². The third-order valence-electron chi connectivity index (χ3n) is 9.70. The first kappa shape index (κ1) is 52.5. The maximum atomic E-state index is 14.3. The number of non-ortho nitro benzene ring substituents is 1. The average molecular weight is 864 g/mol. The van der Waals surface area contributed by atoms with Gasteiger partial charge in [-0.3, -0.25) is 43.8 Å². The number of nitro benzene ring substituents is 1. The molecular formula is C44H69N3O14. The zero-order valence-corrected chi connectivity index (χ0v) is 38.4. The summed E-state index contributed by atoms with van der Waals surface area (Å²) in [5, 5.41) is 23.6. The molecule has 1 saturated heterocycles. The number of carbonyl (C=O) groups excluding carboxylic acids is 6. The molecule has 61 heavy (non-hydrogen) atoms. The van der Waals surface area contributed by atoms with Crippen LogP contribution in [-0.2, 0) is 52.5 Å². The molecule has 1 fully saturated rings. The standard InChI is InChI=1S/C44H69N3O14/c1-40(2,3)36(51)59-31-29(25-57-39(54)44(13,14)23-17-15-16-18-24-48)58-35(33(61-38(53)42(7,8)9)32(31)60-37(52)41(4,5)6)46(26-49)30(34(50)45-43(10,11)12)27-19-21-28(22-20-27)47(55)56/h19-22,26,29-33,35,48H,15-18,23-25H2,1-14H3,(H,45,50)/t29-,30-,31+,32+,33-,35-/m1/s1. The van der Waals surface area contributed by atoms with Crippen molar-refractivity contribution in [2.75, 3.05) is 13.2 Å². The van der Waals surface area contributed by atoms with Gasteiger partial charge in [0.2, 0.25) is 12.3 Å². The minimum atomic E-state index is -1.81. The summed E-state index contributed by atoms with van der Waals surface area (Å²) in [6.45, 7) is 22.1. The number of amides is 2. The number of carbonyl (C=O) groups is 6. The monoisotopic (exact) mass is 863 g/mol. The molecule has 6 atom stereocenters. The highest BCUT2D eigenvalue weighted by molar-refractivity contribution is 5.86. The molecule has 1 aromatic rings. The number of hydrogen-bond donors (Lipinski definition) is 2. The fourth-order valence-electron chi connectivity index (χ4n) is 6.00. The molecule has 0 unspecified atom stereocenters. The summed E-state index contributed by atoms with van der Waals surface area (Å²) in [7, 11) is 0. The van der Waals surface area contributed by atoms with Crippen molar-refractivity contribution in [3.05, 3.63) is 39.9 Å². The summed E-state index contributed by atoms with van der Waals surface area (Å²) in [5.74, 6) is -3.84. The fourth-order valence-corrected chi connectivity index (χ4v) is 6.00. The van der Waals surface area contributed by atoms with Gasteiger partial charge in [-0.25, -0.2) is 0 Å². The van der Waals surface area contributed by atoms with E-state index >= 15 is 0 Å². The number of benzene rings is 1. The summed E-state index contributed by atoms with van der Waals surface area (Å²) in [4.78, 5) is 95.0. The van der Waals surface area contributed by atoms with E-state index < -0.39 is 105 Å². The van der Waals surface area contributed by atoms with Gasteiger partial charge >= 0.3 is 23.9 Å². The van der Waals surface area contributed by atoms with E-state index in [2.05, 4.69) is 5.32 Å². The highest BCUT2D eigenvalue weighted by atomic mass is 16.7. The molecule has 2 rings (SSSR count). The van der Waals surface area contributed by atoms with E-state index in [0.29, 0.717) is 19.3 Å². The number of aliphatic hydroxyl groups is 1. The molecule has 0 aromatic heterocycles. The maximum absolute atomic E-state index is 14.3. The highest BCUT2D eigenvalue weighted by Crippen LogP contribution is 2.38. The Morgan fingerprint density at radius 1 is 0.754 bits per heavy atom. The molecule has 1 aliphatic heterocycles. The van der Waals surface area contributed by atoms with Gasteiger partial charge in [0, 0.05) is 24.3 Å². The molecule has 2 N–H and O–H groups in total. The van der Waals surface area contributed by atoms with Crippen LogP contribution in [0.5, 0.6) is 0 Å². The lowest BCUT2D eigenvalue weighted by atomic mass is 9.87. The lowest BCUT2D eigenvalue weighted by molar-refractivity contribution is -0.384. The molecule has 0 spiro atoms. The van der Waals surface area contributed by atoms with Gasteiger partial charge in [0.1, 0.15) is 18.8 Å². The third kappa shape index (κ3) is 15.3. The number of ether oxygens (including phenoxy) is 5. The van der Waals surface area contributed by atoms with E-state index in [1.54, 1.807) is 96.9 Å². The molecule has 2 amide bonds. The molecule has 0 bridgehead atoms. The molecule has 0 radical (unpaired) electrons. The lowest BCUT2D eigenvalue weighted by Gasteiger charge is -2.49. The molecule has 17 heteroatoms.